The van der Waals surface area contributed by atoms with Crippen LogP contribution >= 0.6 is 0 Å². The Morgan fingerprint density at radius 1 is 0.308 bits per heavy atom. The van der Waals surface area contributed by atoms with Crippen LogP contribution in [0.25, 0.3) is 111 Å². The Kier molecular flexibility index (Phi) is 5.05. The third-order valence-corrected chi connectivity index (χ3v) is 12.6. The molecule has 52 heavy (non-hydrogen) atoms. The maximum absolute atomic E-state index is 2.67. The molecule has 0 fully saturated rings. The van der Waals surface area contributed by atoms with Crippen molar-refractivity contribution in [1.29, 1.82) is 0 Å². The summed E-state index contributed by atoms with van der Waals surface area (Å²) in [6.45, 7) is 0. The van der Waals surface area contributed by atoms with Crippen molar-refractivity contribution in [3.63, 3.8) is 0 Å². The zero-order valence-corrected chi connectivity index (χ0v) is 28.3. The van der Waals surface area contributed by atoms with Crippen molar-refractivity contribution in [2.24, 2.45) is 0 Å². The Morgan fingerprint density at radius 3 is 1.65 bits per heavy atom. The zero-order valence-electron chi connectivity index (χ0n) is 28.3. The molecular formula is C52H30. The van der Waals surface area contributed by atoms with Gasteiger partial charge < -0.3 is 0 Å². The molecule has 0 aromatic heterocycles. The SMILES string of the molecule is C1=c2c(-c3ccccc3)c3c(c(-c4ccccc4)c2=CC2c4ccc5ccc6cccc7cc(c4c5c67)C12)-c1cc2ccccc2c2cccc-3c12. The van der Waals surface area contributed by atoms with Crippen molar-refractivity contribution >= 4 is 66.0 Å². The molecule has 3 aliphatic rings. The number of hydrogen-bond donors (Lipinski definition) is 0. The molecule has 3 aliphatic carbocycles. The van der Waals surface area contributed by atoms with Crippen LogP contribution in [0.4, 0.5) is 0 Å². The molecule has 0 heteroatoms. The zero-order chi connectivity index (χ0) is 33.7. The van der Waals surface area contributed by atoms with E-state index in [0.29, 0.717) is 0 Å². The molecule has 0 spiro atoms. The van der Waals surface area contributed by atoms with Gasteiger partial charge in [0.25, 0.3) is 0 Å². The highest BCUT2D eigenvalue weighted by atomic mass is 14.4. The second-order valence-electron chi connectivity index (χ2n) is 15.1. The van der Waals surface area contributed by atoms with Crippen LogP contribution in [0.3, 0.4) is 0 Å². The number of rotatable bonds is 2. The average Bonchev–Trinajstić information content (AvgIpc) is 3.69. The summed E-state index contributed by atoms with van der Waals surface area (Å²) in [5.74, 6) is 0.510. The van der Waals surface area contributed by atoms with Crippen LogP contribution in [0, 0.1) is 0 Å². The molecule has 0 N–H and O–H groups in total. The largest absolute Gasteiger partial charge is 0.0675 e. The van der Waals surface area contributed by atoms with Gasteiger partial charge in [-0.1, -0.05) is 158 Å². The van der Waals surface area contributed by atoms with Crippen LogP contribution in [0.1, 0.15) is 23.0 Å². The van der Waals surface area contributed by atoms with Crippen LogP contribution in [-0.4, -0.2) is 0 Å². The molecule has 2 atom stereocenters. The van der Waals surface area contributed by atoms with Gasteiger partial charge in [-0.2, -0.15) is 0 Å². The Balaban J connectivity index is 1.24. The van der Waals surface area contributed by atoms with E-state index in [-0.39, 0.29) is 11.8 Å². The van der Waals surface area contributed by atoms with Gasteiger partial charge in [0.05, 0.1) is 0 Å². The van der Waals surface area contributed by atoms with Gasteiger partial charge in [0.15, 0.2) is 0 Å². The molecule has 10 aromatic carbocycles. The monoisotopic (exact) mass is 654 g/mol. The molecule has 13 rings (SSSR count). The van der Waals surface area contributed by atoms with Crippen molar-refractivity contribution in [3.05, 3.63) is 179 Å². The van der Waals surface area contributed by atoms with E-state index in [1.54, 1.807) is 0 Å². The molecule has 0 nitrogen and oxygen atoms in total. The van der Waals surface area contributed by atoms with E-state index >= 15 is 0 Å². The fourth-order valence-corrected chi connectivity index (χ4v) is 10.6. The lowest BCUT2D eigenvalue weighted by Gasteiger charge is -2.25. The summed E-state index contributed by atoms with van der Waals surface area (Å²) in [7, 11) is 0. The Labute approximate surface area is 300 Å². The van der Waals surface area contributed by atoms with Gasteiger partial charge in [-0.05, 0) is 132 Å². The normalized spacial score (nSPS) is 16.4. The number of benzene rings is 10. The first-order valence-electron chi connectivity index (χ1n) is 18.5. The van der Waals surface area contributed by atoms with E-state index in [4.69, 9.17) is 0 Å². The molecule has 0 bridgehead atoms. The average molecular weight is 655 g/mol. The number of fused-ring (bicyclic) bond motifs is 9. The van der Waals surface area contributed by atoms with Gasteiger partial charge in [-0.3, -0.25) is 0 Å². The van der Waals surface area contributed by atoms with Crippen molar-refractivity contribution in [2.45, 2.75) is 11.8 Å². The quantitative estimate of drug-likeness (QED) is 0.163. The van der Waals surface area contributed by atoms with Gasteiger partial charge in [0, 0.05) is 11.8 Å². The second kappa shape index (κ2) is 9.63. The lowest BCUT2D eigenvalue weighted by molar-refractivity contribution is 0.835. The van der Waals surface area contributed by atoms with E-state index in [0.717, 1.165) is 0 Å². The van der Waals surface area contributed by atoms with Gasteiger partial charge >= 0.3 is 0 Å². The molecular weight excluding hydrogens is 625 g/mol. The molecule has 10 aromatic rings. The van der Waals surface area contributed by atoms with Gasteiger partial charge in [0.2, 0.25) is 0 Å². The Hall–Kier alpha value is -6.50. The fourth-order valence-electron chi connectivity index (χ4n) is 10.6. The van der Waals surface area contributed by atoms with E-state index in [9.17, 15) is 0 Å². The second-order valence-corrected chi connectivity index (χ2v) is 15.1. The Morgan fingerprint density at radius 2 is 0.885 bits per heavy atom. The highest BCUT2D eigenvalue weighted by molar-refractivity contribution is 6.28. The van der Waals surface area contributed by atoms with Crippen LogP contribution < -0.4 is 10.4 Å². The van der Waals surface area contributed by atoms with Gasteiger partial charge in [0.1, 0.15) is 0 Å². The van der Waals surface area contributed by atoms with Crippen molar-refractivity contribution < 1.29 is 0 Å². The summed E-state index contributed by atoms with van der Waals surface area (Å²) in [6, 6.07) is 59.5. The molecule has 0 aliphatic heterocycles. The van der Waals surface area contributed by atoms with E-state index < -0.39 is 0 Å². The smallest absolute Gasteiger partial charge is 0.0138 e. The molecule has 0 saturated heterocycles. The van der Waals surface area contributed by atoms with Crippen molar-refractivity contribution in [3.8, 4) is 44.5 Å². The minimum atomic E-state index is 0.253. The molecule has 2 unspecified atom stereocenters. The summed E-state index contributed by atoms with van der Waals surface area (Å²) in [4.78, 5) is 0. The lowest BCUT2D eigenvalue weighted by Crippen LogP contribution is -2.35. The fraction of sp³-hybridized carbons (Fsp3) is 0.0385. The van der Waals surface area contributed by atoms with Crippen LogP contribution in [-0.2, 0) is 0 Å². The molecule has 0 amide bonds. The van der Waals surface area contributed by atoms with E-state index in [1.807, 2.05) is 0 Å². The summed E-state index contributed by atoms with van der Waals surface area (Å²) in [6.07, 6.45) is 5.33. The maximum atomic E-state index is 2.67. The van der Waals surface area contributed by atoms with Gasteiger partial charge in [-0.15, -0.1) is 0 Å². The lowest BCUT2D eigenvalue weighted by atomic mass is 9.77. The highest BCUT2D eigenvalue weighted by Crippen LogP contribution is 2.56. The summed E-state index contributed by atoms with van der Waals surface area (Å²) < 4.78 is 0. The van der Waals surface area contributed by atoms with Crippen LogP contribution in [0.5, 0.6) is 0 Å². The predicted octanol–water partition coefficient (Wildman–Crippen LogP) is 12.3. The van der Waals surface area contributed by atoms with E-state index in [1.165, 1.54) is 120 Å². The molecule has 238 valence electrons. The minimum Gasteiger partial charge on any atom is -0.0675 e. The maximum Gasteiger partial charge on any atom is 0.0138 e. The van der Waals surface area contributed by atoms with E-state index in [2.05, 4.69) is 170 Å². The highest BCUT2D eigenvalue weighted by Gasteiger charge is 2.37. The van der Waals surface area contributed by atoms with Gasteiger partial charge in [-0.25, -0.2) is 0 Å². The Bertz CT molecular complexity index is 3330. The standard InChI is InChI=1S/C52H30/c1-3-11-29(12-4-1)46-43-28-40-39(37-24-23-32-22-21-31-16-9-17-34-26-41(40)50(37)48(32)45(31)34)27-42(43)47(30-13-5-2-6-14-30)52-44-25-33-15-7-8-18-35(33)36-19-10-20-38(49(36)44)51(46)52/h1-28,39-40H. The van der Waals surface area contributed by atoms with Crippen LogP contribution in [0.2, 0.25) is 0 Å². The molecule has 0 radical (unpaired) electrons. The third kappa shape index (κ3) is 3.29. The van der Waals surface area contributed by atoms with Crippen LogP contribution in [0.15, 0.2) is 158 Å². The third-order valence-electron chi connectivity index (χ3n) is 12.6. The molecule has 0 heterocycles. The topological polar surface area (TPSA) is 0 Å². The first kappa shape index (κ1) is 27.3. The first-order valence-corrected chi connectivity index (χ1v) is 18.5. The predicted molar refractivity (Wildman–Crippen MR) is 221 cm³/mol. The summed E-state index contributed by atoms with van der Waals surface area (Å²) in [5, 5.41) is 16.4. The first-order chi connectivity index (χ1) is 25.8. The van der Waals surface area contributed by atoms with Crippen molar-refractivity contribution in [1.82, 2.24) is 0 Å². The summed E-state index contributed by atoms with van der Waals surface area (Å²) in [5.41, 5.74) is 13.6. The number of hydrogen-bond acceptors (Lipinski definition) is 0. The molecule has 0 saturated carbocycles. The van der Waals surface area contributed by atoms with Crippen molar-refractivity contribution in [2.75, 3.05) is 0 Å². The summed E-state index contributed by atoms with van der Waals surface area (Å²) >= 11 is 0. The minimum absolute atomic E-state index is 0.253.